The normalized spacial score (nSPS) is 16.8. The Morgan fingerprint density at radius 2 is 2.28 bits per heavy atom. The van der Waals surface area contributed by atoms with Gasteiger partial charge in [-0.15, -0.1) is 11.3 Å². The molecule has 1 amide bonds. The van der Waals surface area contributed by atoms with Crippen LogP contribution in [-0.2, 0) is 24.1 Å². The van der Waals surface area contributed by atoms with E-state index in [1.54, 1.807) is 11.3 Å². The van der Waals surface area contributed by atoms with Crippen molar-refractivity contribution < 1.29 is 4.79 Å². The highest BCUT2D eigenvalue weighted by atomic mass is 35.5. The minimum absolute atomic E-state index is 0.0553. The summed E-state index contributed by atoms with van der Waals surface area (Å²) < 4.78 is 0. The van der Waals surface area contributed by atoms with Gasteiger partial charge in [0.05, 0.1) is 17.1 Å². The standard InChI is InChI=1S/C19H20ClN3OS/c1-10-18(21-11(2)25-10)9-19(24)22-13-4-6-17-15(8-13)14-7-12(20)3-5-16(14)23-17/h3,5,7,13,23H,4,6,8-9H2,1-2H3,(H,22,24)/t13-/m0/s1. The number of carbonyl (C=O) groups is 1. The van der Waals surface area contributed by atoms with E-state index in [9.17, 15) is 4.79 Å². The molecule has 0 saturated carbocycles. The largest absolute Gasteiger partial charge is 0.358 e. The van der Waals surface area contributed by atoms with E-state index in [2.05, 4.69) is 15.3 Å². The molecular weight excluding hydrogens is 354 g/mol. The van der Waals surface area contributed by atoms with Crippen molar-refractivity contribution in [3.8, 4) is 0 Å². The summed E-state index contributed by atoms with van der Waals surface area (Å²) in [6.45, 7) is 4.00. The first-order valence-corrected chi connectivity index (χ1v) is 9.70. The van der Waals surface area contributed by atoms with Crippen molar-refractivity contribution in [1.29, 1.82) is 0 Å². The van der Waals surface area contributed by atoms with Crippen molar-refractivity contribution in [2.75, 3.05) is 0 Å². The summed E-state index contributed by atoms with van der Waals surface area (Å²) in [6.07, 6.45) is 3.10. The summed E-state index contributed by atoms with van der Waals surface area (Å²) in [5.41, 5.74) is 4.58. The van der Waals surface area contributed by atoms with Gasteiger partial charge in [-0.05, 0) is 56.9 Å². The second-order valence-corrected chi connectivity index (χ2v) is 8.54. The fourth-order valence-corrected chi connectivity index (χ4v) is 4.69. The van der Waals surface area contributed by atoms with Crippen LogP contribution >= 0.6 is 22.9 Å². The molecule has 130 valence electrons. The zero-order chi connectivity index (χ0) is 17.6. The van der Waals surface area contributed by atoms with E-state index in [4.69, 9.17) is 11.6 Å². The van der Waals surface area contributed by atoms with E-state index in [1.165, 1.54) is 16.6 Å². The Bertz CT molecular complexity index is 959. The van der Waals surface area contributed by atoms with Gasteiger partial charge in [0.1, 0.15) is 0 Å². The maximum Gasteiger partial charge on any atom is 0.226 e. The molecule has 4 rings (SSSR count). The van der Waals surface area contributed by atoms with Crippen LogP contribution in [-0.4, -0.2) is 21.9 Å². The average Bonchev–Trinajstić information content (AvgIpc) is 3.06. The molecular formula is C19H20ClN3OS. The number of amides is 1. The van der Waals surface area contributed by atoms with Crippen molar-refractivity contribution in [3.63, 3.8) is 0 Å². The summed E-state index contributed by atoms with van der Waals surface area (Å²) in [7, 11) is 0. The van der Waals surface area contributed by atoms with E-state index >= 15 is 0 Å². The van der Waals surface area contributed by atoms with E-state index in [0.29, 0.717) is 6.42 Å². The number of H-pyrrole nitrogens is 1. The highest BCUT2D eigenvalue weighted by Crippen LogP contribution is 2.31. The van der Waals surface area contributed by atoms with Crippen LogP contribution in [0.1, 0.15) is 33.3 Å². The third kappa shape index (κ3) is 3.31. The van der Waals surface area contributed by atoms with E-state index in [-0.39, 0.29) is 11.9 Å². The third-order valence-corrected chi connectivity index (χ3v) is 6.01. The molecule has 25 heavy (non-hydrogen) atoms. The molecule has 0 radical (unpaired) electrons. The van der Waals surface area contributed by atoms with Crippen LogP contribution in [0.25, 0.3) is 10.9 Å². The summed E-state index contributed by atoms with van der Waals surface area (Å²) in [4.78, 5) is 21.5. The zero-order valence-electron chi connectivity index (χ0n) is 14.3. The quantitative estimate of drug-likeness (QED) is 0.725. The summed E-state index contributed by atoms with van der Waals surface area (Å²) in [5, 5.41) is 6.12. The molecule has 1 aromatic carbocycles. The minimum atomic E-state index is 0.0553. The fourth-order valence-electron chi connectivity index (χ4n) is 3.68. The van der Waals surface area contributed by atoms with Crippen LogP contribution in [0.15, 0.2) is 18.2 Å². The predicted molar refractivity (Wildman–Crippen MR) is 103 cm³/mol. The molecule has 1 atom stereocenters. The zero-order valence-corrected chi connectivity index (χ0v) is 15.9. The predicted octanol–water partition coefficient (Wildman–Crippen LogP) is 4.11. The fraction of sp³-hybridized carbons (Fsp3) is 0.368. The maximum atomic E-state index is 12.4. The van der Waals surface area contributed by atoms with Gasteiger partial charge in [0.2, 0.25) is 5.91 Å². The van der Waals surface area contributed by atoms with Gasteiger partial charge >= 0.3 is 0 Å². The Kier molecular flexibility index (Phi) is 4.29. The van der Waals surface area contributed by atoms with Gasteiger partial charge in [0.15, 0.2) is 0 Å². The molecule has 3 aromatic rings. The van der Waals surface area contributed by atoms with Crippen LogP contribution in [0.2, 0.25) is 5.02 Å². The minimum Gasteiger partial charge on any atom is -0.358 e. The Morgan fingerprint density at radius 3 is 3.04 bits per heavy atom. The number of aromatic amines is 1. The smallest absolute Gasteiger partial charge is 0.226 e. The van der Waals surface area contributed by atoms with E-state index < -0.39 is 0 Å². The number of benzene rings is 1. The SMILES string of the molecule is Cc1nc(CC(=O)N[C@H]2CCc3[nH]c4ccc(Cl)cc4c3C2)c(C)s1. The lowest BCUT2D eigenvalue weighted by Gasteiger charge is -2.23. The highest BCUT2D eigenvalue weighted by molar-refractivity contribution is 7.11. The first kappa shape index (κ1) is 16.6. The molecule has 0 aliphatic heterocycles. The van der Waals surface area contributed by atoms with Crippen LogP contribution < -0.4 is 5.32 Å². The molecule has 1 aliphatic rings. The summed E-state index contributed by atoms with van der Waals surface area (Å²) in [6, 6.07) is 6.11. The summed E-state index contributed by atoms with van der Waals surface area (Å²) in [5.74, 6) is 0.0553. The number of thiazole rings is 1. The molecule has 6 heteroatoms. The number of aryl methyl sites for hydroxylation is 3. The Morgan fingerprint density at radius 1 is 1.44 bits per heavy atom. The van der Waals surface area contributed by atoms with E-state index in [1.807, 2.05) is 32.0 Å². The Hall–Kier alpha value is -1.85. The second-order valence-electron chi connectivity index (χ2n) is 6.69. The lowest BCUT2D eigenvalue weighted by molar-refractivity contribution is -0.121. The van der Waals surface area contributed by atoms with Gasteiger partial charge in [-0.1, -0.05) is 11.6 Å². The Labute approximate surface area is 155 Å². The van der Waals surface area contributed by atoms with Crippen LogP contribution in [0.5, 0.6) is 0 Å². The van der Waals surface area contributed by atoms with Gasteiger partial charge in [0, 0.05) is 32.5 Å². The number of fused-ring (bicyclic) bond motifs is 3. The van der Waals surface area contributed by atoms with Crippen molar-refractivity contribution in [2.24, 2.45) is 0 Å². The molecule has 0 fully saturated rings. The number of hydrogen-bond donors (Lipinski definition) is 2. The molecule has 0 saturated heterocycles. The molecule has 2 heterocycles. The van der Waals surface area contributed by atoms with Crippen molar-refractivity contribution in [2.45, 2.75) is 45.6 Å². The highest BCUT2D eigenvalue weighted by Gasteiger charge is 2.24. The first-order valence-electron chi connectivity index (χ1n) is 8.51. The van der Waals surface area contributed by atoms with Gasteiger partial charge in [-0.25, -0.2) is 4.98 Å². The van der Waals surface area contributed by atoms with Crippen LogP contribution in [0.4, 0.5) is 0 Å². The third-order valence-electron chi connectivity index (χ3n) is 4.84. The van der Waals surface area contributed by atoms with Crippen LogP contribution in [0, 0.1) is 13.8 Å². The molecule has 0 spiro atoms. The topological polar surface area (TPSA) is 57.8 Å². The van der Waals surface area contributed by atoms with Crippen molar-refractivity contribution in [3.05, 3.63) is 50.1 Å². The summed E-state index contributed by atoms with van der Waals surface area (Å²) >= 11 is 7.80. The number of nitrogens with one attached hydrogen (secondary N) is 2. The Balaban J connectivity index is 1.48. The monoisotopic (exact) mass is 373 g/mol. The molecule has 1 aliphatic carbocycles. The molecule has 0 bridgehead atoms. The van der Waals surface area contributed by atoms with E-state index in [0.717, 1.165) is 45.4 Å². The van der Waals surface area contributed by atoms with Gasteiger partial charge in [-0.2, -0.15) is 0 Å². The second kappa shape index (κ2) is 6.46. The van der Waals surface area contributed by atoms with Crippen molar-refractivity contribution in [1.82, 2.24) is 15.3 Å². The lowest BCUT2D eigenvalue weighted by atomic mass is 9.91. The molecule has 2 aromatic heterocycles. The van der Waals surface area contributed by atoms with Crippen molar-refractivity contribution >= 4 is 39.7 Å². The number of hydrogen-bond acceptors (Lipinski definition) is 3. The number of aromatic nitrogens is 2. The van der Waals surface area contributed by atoms with Gasteiger partial charge in [0.25, 0.3) is 0 Å². The molecule has 4 nitrogen and oxygen atoms in total. The number of carbonyl (C=O) groups excluding carboxylic acids is 1. The first-order chi connectivity index (χ1) is 12.0. The molecule has 2 N–H and O–H groups in total. The molecule has 0 unspecified atom stereocenters. The van der Waals surface area contributed by atoms with Crippen LogP contribution in [0.3, 0.4) is 0 Å². The van der Waals surface area contributed by atoms with Gasteiger partial charge in [-0.3, -0.25) is 4.79 Å². The number of halogens is 1. The number of rotatable bonds is 3. The average molecular weight is 374 g/mol. The number of nitrogens with zero attached hydrogens (tertiary/aromatic N) is 1. The maximum absolute atomic E-state index is 12.4. The lowest BCUT2D eigenvalue weighted by Crippen LogP contribution is -2.39. The van der Waals surface area contributed by atoms with Gasteiger partial charge < -0.3 is 10.3 Å².